The predicted molar refractivity (Wildman–Crippen MR) is 80.3 cm³/mol. The molecule has 17 heavy (non-hydrogen) atoms. The molecule has 0 aliphatic rings. The van der Waals surface area contributed by atoms with Crippen molar-refractivity contribution in [2.75, 3.05) is 0 Å². The molecule has 1 radical (unpaired) electrons. The molecule has 0 nitrogen and oxygen atoms in total. The Bertz CT molecular complexity index is 128. The summed E-state index contributed by atoms with van der Waals surface area (Å²) in [6.07, 6.45) is 18.5. The second kappa shape index (κ2) is 14.1. The molecule has 0 unspecified atom stereocenters. The van der Waals surface area contributed by atoms with Crippen LogP contribution in [0.25, 0.3) is 0 Å². The third-order valence-electron chi connectivity index (χ3n) is 3.66. The summed E-state index contributed by atoms with van der Waals surface area (Å²) in [5.74, 6) is 1.75. The fourth-order valence-corrected chi connectivity index (χ4v) is 2.36. The van der Waals surface area contributed by atoms with Crippen LogP contribution in [-0.2, 0) is 0 Å². The molecule has 0 saturated heterocycles. The second-order valence-electron chi connectivity index (χ2n) is 5.64. The second-order valence-corrected chi connectivity index (χ2v) is 5.64. The van der Waals surface area contributed by atoms with Gasteiger partial charge in [0.15, 0.2) is 0 Å². The van der Waals surface area contributed by atoms with Gasteiger partial charge in [-0.3, -0.25) is 0 Å². The van der Waals surface area contributed by atoms with E-state index < -0.39 is 0 Å². The minimum Gasteiger partial charge on any atom is -0.0654 e. The zero-order valence-electron chi connectivity index (χ0n) is 12.7. The van der Waals surface area contributed by atoms with Crippen LogP contribution in [0.3, 0.4) is 0 Å². The van der Waals surface area contributed by atoms with Gasteiger partial charge in [0.2, 0.25) is 0 Å². The molecule has 0 amide bonds. The fraction of sp³-hybridized carbons (Fsp3) is 0.941. The zero-order chi connectivity index (χ0) is 12.8. The van der Waals surface area contributed by atoms with Gasteiger partial charge in [-0.25, -0.2) is 0 Å². The lowest BCUT2D eigenvalue weighted by molar-refractivity contribution is 0.560. The molecule has 0 aromatic rings. The van der Waals surface area contributed by atoms with Crippen LogP contribution in [0.2, 0.25) is 0 Å². The molecule has 0 aromatic heterocycles. The third-order valence-corrected chi connectivity index (χ3v) is 3.66. The summed E-state index contributed by atoms with van der Waals surface area (Å²) >= 11 is 0. The maximum absolute atomic E-state index is 2.37. The first-order chi connectivity index (χ1) is 8.31. The first-order valence-corrected chi connectivity index (χ1v) is 8.12. The molecule has 0 aliphatic carbocycles. The maximum Gasteiger partial charge on any atom is -0.0272 e. The molecule has 0 rings (SSSR count). The van der Waals surface area contributed by atoms with E-state index in [4.69, 9.17) is 0 Å². The van der Waals surface area contributed by atoms with E-state index in [0.717, 1.165) is 0 Å². The van der Waals surface area contributed by atoms with Crippen LogP contribution in [0.15, 0.2) is 0 Å². The molecule has 0 heteroatoms. The van der Waals surface area contributed by atoms with E-state index in [1.807, 2.05) is 0 Å². The molecule has 0 atom stereocenters. The van der Waals surface area contributed by atoms with Crippen molar-refractivity contribution in [3.63, 3.8) is 0 Å². The maximum atomic E-state index is 2.37. The van der Waals surface area contributed by atoms with Crippen LogP contribution in [0.5, 0.6) is 0 Å². The minimum absolute atomic E-state index is 1.36. The third kappa shape index (κ3) is 13.9. The summed E-state index contributed by atoms with van der Waals surface area (Å²) in [5, 5.41) is 0. The lowest BCUT2D eigenvalue weighted by Crippen LogP contribution is -1.92. The van der Waals surface area contributed by atoms with Crippen molar-refractivity contribution < 1.29 is 0 Å². The highest BCUT2D eigenvalue weighted by Crippen LogP contribution is 2.19. The van der Waals surface area contributed by atoms with Gasteiger partial charge < -0.3 is 0 Å². The molecule has 0 aromatic carbocycles. The van der Waals surface area contributed by atoms with Crippen LogP contribution in [-0.4, -0.2) is 0 Å². The summed E-state index contributed by atoms with van der Waals surface area (Å²) in [5.41, 5.74) is 0. The Morgan fingerprint density at radius 2 is 0.882 bits per heavy atom. The summed E-state index contributed by atoms with van der Waals surface area (Å²) in [6, 6.07) is 0. The molecule has 0 spiro atoms. The first-order valence-electron chi connectivity index (χ1n) is 8.12. The van der Waals surface area contributed by atoms with Gasteiger partial charge in [-0.15, -0.1) is 0 Å². The SMILES string of the molecule is CCCCCCCC[C](C)CCCCCCC. The Kier molecular flexibility index (Phi) is 14.1. The van der Waals surface area contributed by atoms with Crippen LogP contribution in [0.1, 0.15) is 104 Å². The zero-order valence-corrected chi connectivity index (χ0v) is 12.7. The van der Waals surface area contributed by atoms with E-state index in [1.165, 1.54) is 83.5 Å². The smallest absolute Gasteiger partial charge is 0.0272 e. The lowest BCUT2D eigenvalue weighted by Gasteiger charge is -2.10. The van der Waals surface area contributed by atoms with Crippen molar-refractivity contribution in [3.8, 4) is 0 Å². The topological polar surface area (TPSA) is 0 Å². The van der Waals surface area contributed by atoms with Gasteiger partial charge in [-0.05, 0) is 18.8 Å². The van der Waals surface area contributed by atoms with Gasteiger partial charge in [-0.2, -0.15) is 0 Å². The Labute approximate surface area is 111 Å². The molecule has 0 N–H and O–H groups in total. The highest BCUT2D eigenvalue weighted by molar-refractivity contribution is 4.83. The summed E-state index contributed by atoms with van der Waals surface area (Å²) in [7, 11) is 0. The standard InChI is InChI=1S/C17H35/c1-4-6-8-10-12-14-16-17(3)15-13-11-9-7-5-2/h4-16H2,1-3H3. The van der Waals surface area contributed by atoms with Gasteiger partial charge in [0.25, 0.3) is 0 Å². The van der Waals surface area contributed by atoms with Crippen molar-refractivity contribution in [3.05, 3.63) is 5.92 Å². The number of rotatable bonds is 13. The van der Waals surface area contributed by atoms with Gasteiger partial charge >= 0.3 is 0 Å². The molecule has 0 aliphatic heterocycles. The lowest BCUT2D eigenvalue weighted by atomic mass is 9.96. The van der Waals surface area contributed by atoms with E-state index in [0.29, 0.717) is 0 Å². The van der Waals surface area contributed by atoms with Gasteiger partial charge in [0.1, 0.15) is 0 Å². The molecular weight excluding hydrogens is 204 g/mol. The van der Waals surface area contributed by atoms with Gasteiger partial charge in [-0.1, -0.05) is 91.4 Å². The van der Waals surface area contributed by atoms with E-state index >= 15 is 0 Å². The Morgan fingerprint density at radius 3 is 1.29 bits per heavy atom. The van der Waals surface area contributed by atoms with Crippen molar-refractivity contribution >= 4 is 0 Å². The summed E-state index contributed by atoms with van der Waals surface area (Å²) in [6.45, 7) is 6.94. The van der Waals surface area contributed by atoms with Crippen molar-refractivity contribution in [2.24, 2.45) is 0 Å². The van der Waals surface area contributed by atoms with Gasteiger partial charge in [0.05, 0.1) is 0 Å². The van der Waals surface area contributed by atoms with E-state index in [1.54, 1.807) is 5.92 Å². The van der Waals surface area contributed by atoms with E-state index in [2.05, 4.69) is 20.8 Å². The van der Waals surface area contributed by atoms with Crippen LogP contribution >= 0.6 is 0 Å². The Morgan fingerprint density at radius 1 is 0.529 bits per heavy atom. The highest BCUT2D eigenvalue weighted by atomic mass is 14.1. The molecule has 0 saturated carbocycles. The number of hydrogen-bond donors (Lipinski definition) is 0. The largest absolute Gasteiger partial charge is 0.0654 e. The monoisotopic (exact) mass is 239 g/mol. The molecule has 103 valence electrons. The predicted octanol–water partition coefficient (Wildman–Crippen LogP) is 6.69. The summed E-state index contributed by atoms with van der Waals surface area (Å²) < 4.78 is 0. The van der Waals surface area contributed by atoms with Crippen molar-refractivity contribution in [2.45, 2.75) is 104 Å². The Balaban J connectivity index is 3.09. The number of unbranched alkanes of at least 4 members (excludes halogenated alkanes) is 9. The summed E-state index contributed by atoms with van der Waals surface area (Å²) in [4.78, 5) is 0. The Hall–Kier alpha value is 0. The average Bonchev–Trinajstić information content (AvgIpc) is 2.33. The van der Waals surface area contributed by atoms with E-state index in [9.17, 15) is 0 Å². The molecule has 0 heterocycles. The normalized spacial score (nSPS) is 11.3. The fourth-order valence-electron chi connectivity index (χ4n) is 2.36. The van der Waals surface area contributed by atoms with Gasteiger partial charge in [0, 0.05) is 0 Å². The average molecular weight is 239 g/mol. The molecule has 0 bridgehead atoms. The molecule has 0 fully saturated rings. The minimum atomic E-state index is 1.36. The van der Waals surface area contributed by atoms with Crippen LogP contribution in [0, 0.1) is 5.92 Å². The van der Waals surface area contributed by atoms with Crippen LogP contribution in [0.4, 0.5) is 0 Å². The van der Waals surface area contributed by atoms with Crippen molar-refractivity contribution in [1.82, 2.24) is 0 Å². The quantitative estimate of drug-likeness (QED) is 0.314. The van der Waals surface area contributed by atoms with E-state index in [-0.39, 0.29) is 0 Å². The van der Waals surface area contributed by atoms with Crippen LogP contribution < -0.4 is 0 Å². The first kappa shape index (κ1) is 17.0. The number of hydrogen-bond acceptors (Lipinski definition) is 0. The highest BCUT2D eigenvalue weighted by Gasteiger charge is 2.02. The van der Waals surface area contributed by atoms with Crippen molar-refractivity contribution in [1.29, 1.82) is 0 Å². The molecular formula is C17H35.